The Morgan fingerprint density at radius 2 is 1.24 bits per heavy atom. The molecule has 212 valence electrons. The maximum atomic E-state index is 12.9. The molecule has 0 spiro atoms. The summed E-state index contributed by atoms with van der Waals surface area (Å²) >= 11 is 7.18. The molecule has 0 bridgehead atoms. The Bertz CT molecular complexity index is 1590. The van der Waals surface area contributed by atoms with Gasteiger partial charge in [0.1, 0.15) is 11.5 Å². The van der Waals surface area contributed by atoms with Crippen LogP contribution in [0.4, 0.5) is 0 Å². The lowest BCUT2D eigenvalue weighted by Crippen LogP contribution is -2.26. The summed E-state index contributed by atoms with van der Waals surface area (Å²) in [5.74, 6) is 1.35. The third-order valence-electron chi connectivity index (χ3n) is 6.77. The SMILES string of the molecule is O=C(NCCc1ccc(-c2ccccc2)cc1)c1cc(Br)c(CN(O)Cc2ccc(Oc3ccccc3)cc2)c(Br)c1. The Morgan fingerprint density at radius 1 is 0.690 bits per heavy atom. The Kier molecular flexibility index (Phi) is 10.2. The number of carbonyl (C=O) groups is 1. The number of nitrogens with zero attached hydrogens (tertiary/aromatic N) is 1. The number of carbonyl (C=O) groups excluding carboxylic acids is 1. The van der Waals surface area contributed by atoms with Crippen LogP contribution in [0.25, 0.3) is 11.1 Å². The number of hydroxylamine groups is 2. The lowest BCUT2D eigenvalue weighted by atomic mass is 10.0. The normalized spacial score (nSPS) is 11.0. The number of hydrogen-bond donors (Lipinski definition) is 2. The Balaban J connectivity index is 1.12. The molecule has 0 aliphatic rings. The van der Waals surface area contributed by atoms with E-state index in [1.165, 1.54) is 16.2 Å². The second kappa shape index (κ2) is 14.4. The van der Waals surface area contributed by atoms with Crippen molar-refractivity contribution in [2.45, 2.75) is 19.5 Å². The molecule has 0 saturated heterocycles. The summed E-state index contributed by atoms with van der Waals surface area (Å²) in [4.78, 5) is 12.9. The average molecular weight is 686 g/mol. The highest BCUT2D eigenvalue weighted by atomic mass is 79.9. The highest BCUT2D eigenvalue weighted by Crippen LogP contribution is 2.29. The van der Waals surface area contributed by atoms with Crippen LogP contribution in [-0.4, -0.2) is 22.7 Å². The second-order valence-electron chi connectivity index (χ2n) is 9.87. The largest absolute Gasteiger partial charge is 0.457 e. The minimum absolute atomic E-state index is 0.150. The summed E-state index contributed by atoms with van der Waals surface area (Å²) in [6, 6.07) is 39.5. The fraction of sp³-hybridized carbons (Fsp3) is 0.114. The van der Waals surface area contributed by atoms with Gasteiger partial charge in [-0.3, -0.25) is 4.79 Å². The van der Waals surface area contributed by atoms with Crippen LogP contribution in [0, 0.1) is 0 Å². The standard InChI is InChI=1S/C35H30Br2N2O3/c36-33-21-29(35(40)38-20-19-25-11-15-28(16-12-25)27-7-3-1-4-8-27)22-34(37)32(33)24-39(41)23-26-13-17-31(18-14-26)42-30-9-5-2-6-10-30/h1-18,21-22,41H,19-20,23-24H2,(H,38,40). The summed E-state index contributed by atoms with van der Waals surface area (Å²) in [5.41, 5.74) is 5.84. The molecule has 1 amide bonds. The molecule has 5 rings (SSSR count). The molecule has 0 atom stereocenters. The number of amides is 1. The van der Waals surface area contributed by atoms with Gasteiger partial charge in [-0.25, -0.2) is 0 Å². The molecular formula is C35H30Br2N2O3. The van der Waals surface area contributed by atoms with E-state index < -0.39 is 0 Å². The molecule has 2 N–H and O–H groups in total. The van der Waals surface area contributed by atoms with Gasteiger partial charge in [-0.05, 0) is 70.6 Å². The van der Waals surface area contributed by atoms with Gasteiger partial charge in [-0.15, -0.1) is 0 Å². The first-order valence-corrected chi connectivity index (χ1v) is 15.2. The Labute approximate surface area is 263 Å². The molecule has 0 heterocycles. The Morgan fingerprint density at radius 3 is 1.88 bits per heavy atom. The molecule has 0 saturated carbocycles. The van der Waals surface area contributed by atoms with Crippen molar-refractivity contribution < 1.29 is 14.7 Å². The van der Waals surface area contributed by atoms with Gasteiger partial charge >= 0.3 is 0 Å². The molecular weight excluding hydrogens is 656 g/mol. The number of halogens is 2. The first-order valence-electron chi connectivity index (χ1n) is 13.6. The van der Waals surface area contributed by atoms with Gasteiger partial charge in [0.25, 0.3) is 5.91 Å². The quantitative estimate of drug-likeness (QED) is 0.136. The highest BCUT2D eigenvalue weighted by Gasteiger charge is 2.15. The highest BCUT2D eigenvalue weighted by molar-refractivity contribution is 9.11. The van der Waals surface area contributed by atoms with Crippen LogP contribution in [0.15, 0.2) is 130 Å². The van der Waals surface area contributed by atoms with Crippen LogP contribution in [-0.2, 0) is 19.5 Å². The van der Waals surface area contributed by atoms with E-state index in [2.05, 4.69) is 73.6 Å². The van der Waals surface area contributed by atoms with Crippen LogP contribution in [0.5, 0.6) is 11.5 Å². The topological polar surface area (TPSA) is 61.8 Å². The van der Waals surface area contributed by atoms with E-state index in [1.807, 2.05) is 72.8 Å². The van der Waals surface area contributed by atoms with Gasteiger partial charge in [-0.2, -0.15) is 5.06 Å². The fourth-order valence-corrected chi connectivity index (χ4v) is 5.98. The van der Waals surface area contributed by atoms with Crippen molar-refractivity contribution in [1.29, 1.82) is 0 Å². The van der Waals surface area contributed by atoms with Crippen LogP contribution in [0.2, 0.25) is 0 Å². The van der Waals surface area contributed by atoms with E-state index in [1.54, 1.807) is 12.1 Å². The molecule has 5 aromatic carbocycles. The van der Waals surface area contributed by atoms with E-state index >= 15 is 0 Å². The van der Waals surface area contributed by atoms with Gasteiger partial charge in [0.2, 0.25) is 0 Å². The molecule has 7 heteroatoms. The average Bonchev–Trinajstić information content (AvgIpc) is 3.01. The summed E-state index contributed by atoms with van der Waals surface area (Å²) in [6.07, 6.45) is 0.736. The zero-order valence-corrected chi connectivity index (χ0v) is 26.0. The van der Waals surface area contributed by atoms with Crippen LogP contribution >= 0.6 is 31.9 Å². The number of ether oxygens (including phenoxy) is 1. The minimum atomic E-state index is -0.150. The smallest absolute Gasteiger partial charge is 0.251 e. The van der Waals surface area contributed by atoms with Gasteiger partial charge in [0, 0.05) is 27.6 Å². The maximum Gasteiger partial charge on any atom is 0.251 e. The third kappa shape index (κ3) is 8.17. The molecule has 5 nitrogen and oxygen atoms in total. The first-order chi connectivity index (χ1) is 20.4. The monoisotopic (exact) mass is 684 g/mol. The van der Waals surface area contributed by atoms with Gasteiger partial charge < -0.3 is 15.3 Å². The predicted molar refractivity (Wildman–Crippen MR) is 174 cm³/mol. The van der Waals surface area contributed by atoms with Crippen molar-refractivity contribution in [2.24, 2.45) is 0 Å². The van der Waals surface area contributed by atoms with Gasteiger partial charge in [0.05, 0.1) is 6.54 Å². The molecule has 0 unspecified atom stereocenters. The lowest BCUT2D eigenvalue weighted by molar-refractivity contribution is -0.108. The van der Waals surface area contributed by atoms with E-state index in [-0.39, 0.29) is 12.5 Å². The van der Waals surface area contributed by atoms with E-state index in [0.29, 0.717) is 18.7 Å². The molecule has 0 aliphatic carbocycles. The van der Waals surface area contributed by atoms with Crippen molar-refractivity contribution in [2.75, 3.05) is 6.54 Å². The van der Waals surface area contributed by atoms with Crippen molar-refractivity contribution in [3.05, 3.63) is 153 Å². The zero-order chi connectivity index (χ0) is 29.3. The summed E-state index contributed by atoms with van der Waals surface area (Å²) in [5, 5.41) is 14.9. The Hall–Kier alpha value is -3.75. The number of hydrogen-bond acceptors (Lipinski definition) is 4. The number of rotatable bonds is 11. The van der Waals surface area contributed by atoms with Gasteiger partial charge in [0.15, 0.2) is 0 Å². The zero-order valence-electron chi connectivity index (χ0n) is 22.8. The first kappa shape index (κ1) is 29.7. The molecule has 0 aliphatic heterocycles. The van der Waals surface area contributed by atoms with Crippen LogP contribution in [0.3, 0.4) is 0 Å². The van der Waals surface area contributed by atoms with E-state index in [4.69, 9.17) is 4.74 Å². The number of benzene rings is 5. The van der Waals surface area contributed by atoms with E-state index in [0.717, 1.165) is 43.6 Å². The van der Waals surface area contributed by atoms with Crippen LogP contribution < -0.4 is 10.1 Å². The number of para-hydroxylation sites is 1. The molecule has 5 aromatic rings. The second-order valence-corrected chi connectivity index (χ2v) is 11.6. The summed E-state index contributed by atoms with van der Waals surface area (Å²) < 4.78 is 7.32. The van der Waals surface area contributed by atoms with Crippen molar-refractivity contribution in [3.63, 3.8) is 0 Å². The van der Waals surface area contributed by atoms with Crippen molar-refractivity contribution >= 4 is 37.8 Å². The van der Waals surface area contributed by atoms with Crippen molar-refractivity contribution in [1.82, 2.24) is 10.4 Å². The van der Waals surface area contributed by atoms with E-state index in [9.17, 15) is 10.0 Å². The molecule has 42 heavy (non-hydrogen) atoms. The summed E-state index contributed by atoms with van der Waals surface area (Å²) in [6.45, 7) is 1.13. The van der Waals surface area contributed by atoms with Crippen molar-refractivity contribution in [3.8, 4) is 22.6 Å². The third-order valence-corrected chi connectivity index (χ3v) is 8.19. The lowest BCUT2D eigenvalue weighted by Gasteiger charge is -2.18. The van der Waals surface area contributed by atoms with Crippen LogP contribution in [0.1, 0.15) is 27.0 Å². The maximum absolute atomic E-state index is 12.9. The minimum Gasteiger partial charge on any atom is -0.457 e. The number of nitrogens with one attached hydrogen (secondary N) is 1. The summed E-state index contributed by atoms with van der Waals surface area (Å²) in [7, 11) is 0. The molecule has 0 fully saturated rings. The molecule has 0 radical (unpaired) electrons. The predicted octanol–water partition coefficient (Wildman–Crippen LogP) is 9.03. The van der Waals surface area contributed by atoms with Gasteiger partial charge in [-0.1, -0.05) is 117 Å². The fourth-order valence-electron chi connectivity index (χ4n) is 4.54. The molecule has 0 aromatic heterocycles.